The molecule has 0 atom stereocenters. The highest BCUT2D eigenvalue weighted by molar-refractivity contribution is 5.76. The molecule has 99 valence electrons. The number of hydrogen-bond donors (Lipinski definition) is 1. The Balaban J connectivity index is 2.55. The summed E-state index contributed by atoms with van der Waals surface area (Å²) in [7, 11) is 3.20. The van der Waals surface area contributed by atoms with Crippen molar-refractivity contribution >= 4 is 5.91 Å². The van der Waals surface area contributed by atoms with Crippen molar-refractivity contribution in [2.75, 3.05) is 20.8 Å². The Kier molecular flexibility index (Phi) is 6.05. The molecule has 1 amide bonds. The van der Waals surface area contributed by atoms with Gasteiger partial charge in [-0.3, -0.25) is 4.79 Å². The maximum atomic E-state index is 11.5. The lowest BCUT2D eigenvalue weighted by Crippen LogP contribution is -2.24. The lowest BCUT2D eigenvalue weighted by Gasteiger charge is -2.09. The van der Waals surface area contributed by atoms with E-state index >= 15 is 0 Å². The number of aryl methyl sites for hydroxylation is 1. The van der Waals surface area contributed by atoms with Gasteiger partial charge in [0.2, 0.25) is 5.91 Å². The maximum absolute atomic E-state index is 11.5. The third-order valence-electron chi connectivity index (χ3n) is 2.59. The zero-order valence-electron chi connectivity index (χ0n) is 11.0. The summed E-state index contributed by atoms with van der Waals surface area (Å²) in [6, 6.07) is 5.69. The molecule has 0 aromatic heterocycles. The number of methoxy groups -OCH3 is 2. The Bertz CT molecular complexity index is 391. The highest BCUT2D eigenvalue weighted by atomic mass is 16.5. The van der Waals surface area contributed by atoms with Gasteiger partial charge in [0.05, 0.1) is 14.2 Å². The van der Waals surface area contributed by atoms with E-state index in [1.54, 1.807) is 14.2 Å². The third kappa shape index (κ3) is 4.28. The molecule has 0 spiro atoms. The number of nitrogens with one attached hydrogen (secondary N) is 1. The second-order valence-electron chi connectivity index (χ2n) is 3.89. The summed E-state index contributed by atoms with van der Waals surface area (Å²) in [6.07, 6.45) is 1.86. The fraction of sp³-hybridized carbons (Fsp3) is 0.429. The number of amides is 1. The first-order valence-corrected chi connectivity index (χ1v) is 5.98. The molecule has 1 aromatic rings. The summed E-state index contributed by atoms with van der Waals surface area (Å²) in [5.41, 5.74) is 1.05. The van der Waals surface area contributed by atoms with E-state index in [1.807, 2.05) is 18.2 Å². The quantitative estimate of drug-likeness (QED) is 0.805. The molecule has 0 aliphatic carbocycles. The number of hydrogen-bond acceptors (Lipinski definition) is 3. The van der Waals surface area contributed by atoms with Gasteiger partial charge in [-0.2, -0.15) is 0 Å². The Labute approximate surface area is 108 Å². The van der Waals surface area contributed by atoms with Crippen molar-refractivity contribution in [2.24, 2.45) is 0 Å². The molecule has 1 aromatic carbocycles. The summed E-state index contributed by atoms with van der Waals surface area (Å²) < 4.78 is 10.4. The largest absolute Gasteiger partial charge is 0.493 e. The van der Waals surface area contributed by atoms with Crippen molar-refractivity contribution in [2.45, 2.75) is 19.3 Å². The molecule has 0 saturated heterocycles. The zero-order valence-corrected chi connectivity index (χ0v) is 11.0. The third-order valence-corrected chi connectivity index (χ3v) is 2.59. The van der Waals surface area contributed by atoms with Crippen LogP contribution >= 0.6 is 0 Å². The van der Waals surface area contributed by atoms with Crippen LogP contribution in [-0.2, 0) is 11.2 Å². The smallest absolute Gasteiger partial charge is 0.220 e. The van der Waals surface area contributed by atoms with Gasteiger partial charge in [-0.1, -0.05) is 13.0 Å². The number of benzene rings is 1. The van der Waals surface area contributed by atoms with Crippen LogP contribution in [0.4, 0.5) is 0 Å². The Morgan fingerprint density at radius 3 is 2.61 bits per heavy atom. The number of carbonyl (C=O) groups excluding carboxylic acids is 1. The second-order valence-corrected chi connectivity index (χ2v) is 3.89. The molecule has 0 fully saturated rings. The van der Waals surface area contributed by atoms with Crippen LogP contribution in [0, 0.1) is 6.92 Å². The van der Waals surface area contributed by atoms with Gasteiger partial charge in [-0.15, -0.1) is 0 Å². The number of carbonyl (C=O) groups is 1. The summed E-state index contributed by atoms with van der Waals surface area (Å²) in [4.78, 5) is 11.5. The van der Waals surface area contributed by atoms with Crippen LogP contribution in [0.3, 0.4) is 0 Å². The van der Waals surface area contributed by atoms with E-state index in [4.69, 9.17) is 9.47 Å². The van der Waals surface area contributed by atoms with E-state index in [-0.39, 0.29) is 5.91 Å². The van der Waals surface area contributed by atoms with E-state index in [1.165, 1.54) is 0 Å². The van der Waals surface area contributed by atoms with Crippen molar-refractivity contribution in [3.63, 3.8) is 0 Å². The predicted molar refractivity (Wildman–Crippen MR) is 70.9 cm³/mol. The van der Waals surface area contributed by atoms with Gasteiger partial charge in [0.25, 0.3) is 0 Å². The normalized spacial score (nSPS) is 9.94. The first-order valence-electron chi connectivity index (χ1n) is 5.98. The molecule has 0 saturated carbocycles. The van der Waals surface area contributed by atoms with Gasteiger partial charge in [0.1, 0.15) is 0 Å². The molecule has 1 radical (unpaired) electrons. The van der Waals surface area contributed by atoms with E-state index in [0.717, 1.165) is 5.56 Å². The number of ether oxygens (including phenoxy) is 2. The van der Waals surface area contributed by atoms with Crippen molar-refractivity contribution in [1.29, 1.82) is 0 Å². The average molecular weight is 250 g/mol. The van der Waals surface area contributed by atoms with Gasteiger partial charge < -0.3 is 14.8 Å². The van der Waals surface area contributed by atoms with Crippen molar-refractivity contribution in [1.82, 2.24) is 5.32 Å². The minimum atomic E-state index is 0.0495. The van der Waals surface area contributed by atoms with Crippen LogP contribution in [0.15, 0.2) is 18.2 Å². The van der Waals surface area contributed by atoms with Gasteiger partial charge in [-0.05, 0) is 30.5 Å². The van der Waals surface area contributed by atoms with Crippen LogP contribution in [-0.4, -0.2) is 26.7 Å². The van der Waals surface area contributed by atoms with Crippen molar-refractivity contribution in [3.8, 4) is 11.5 Å². The molecule has 1 rings (SSSR count). The summed E-state index contributed by atoms with van der Waals surface area (Å²) in [6.45, 7) is 4.30. The standard InChI is InChI=1S/C14H20NO3/c1-4-9-15-14(16)8-6-11-5-7-12(17-2)13(10-11)18-3/h5,7,10H,1,4,6,8-9H2,2-3H3,(H,15,16). The second kappa shape index (κ2) is 7.58. The van der Waals surface area contributed by atoms with Crippen molar-refractivity contribution in [3.05, 3.63) is 30.7 Å². The SMILES string of the molecule is [CH2]CCNC(=O)CCc1ccc(OC)c(OC)c1. The van der Waals surface area contributed by atoms with Gasteiger partial charge >= 0.3 is 0 Å². The van der Waals surface area contributed by atoms with Crippen LogP contribution in [0.5, 0.6) is 11.5 Å². The fourth-order valence-corrected chi connectivity index (χ4v) is 1.61. The molecular weight excluding hydrogens is 230 g/mol. The van der Waals surface area contributed by atoms with Crippen LogP contribution < -0.4 is 14.8 Å². The van der Waals surface area contributed by atoms with Crippen LogP contribution in [0.25, 0.3) is 0 Å². The molecule has 0 aliphatic rings. The first kappa shape index (κ1) is 14.4. The first-order chi connectivity index (χ1) is 8.71. The molecule has 4 nitrogen and oxygen atoms in total. The molecule has 0 unspecified atom stereocenters. The number of rotatable bonds is 7. The Morgan fingerprint density at radius 2 is 2.00 bits per heavy atom. The van der Waals surface area contributed by atoms with E-state index in [9.17, 15) is 4.79 Å². The Hall–Kier alpha value is -1.71. The summed E-state index contributed by atoms with van der Waals surface area (Å²) in [5.74, 6) is 1.43. The van der Waals surface area contributed by atoms with Gasteiger partial charge in [0.15, 0.2) is 11.5 Å². The highest BCUT2D eigenvalue weighted by Crippen LogP contribution is 2.27. The lowest BCUT2D eigenvalue weighted by atomic mass is 10.1. The van der Waals surface area contributed by atoms with Crippen LogP contribution in [0.1, 0.15) is 18.4 Å². The van der Waals surface area contributed by atoms with E-state index < -0.39 is 0 Å². The fourth-order valence-electron chi connectivity index (χ4n) is 1.61. The molecular formula is C14H20NO3. The topological polar surface area (TPSA) is 47.6 Å². The molecule has 4 heteroatoms. The van der Waals surface area contributed by atoms with E-state index in [2.05, 4.69) is 12.2 Å². The molecule has 1 N–H and O–H groups in total. The summed E-state index contributed by atoms with van der Waals surface area (Å²) in [5, 5.41) is 2.80. The highest BCUT2D eigenvalue weighted by Gasteiger charge is 2.06. The van der Waals surface area contributed by atoms with E-state index in [0.29, 0.717) is 37.3 Å². The average Bonchev–Trinajstić information content (AvgIpc) is 2.42. The predicted octanol–water partition coefficient (Wildman–Crippen LogP) is 1.98. The maximum Gasteiger partial charge on any atom is 0.220 e. The lowest BCUT2D eigenvalue weighted by molar-refractivity contribution is -0.121. The van der Waals surface area contributed by atoms with Gasteiger partial charge in [-0.25, -0.2) is 0 Å². The van der Waals surface area contributed by atoms with Crippen LogP contribution in [0.2, 0.25) is 0 Å². The Morgan fingerprint density at radius 1 is 1.28 bits per heavy atom. The zero-order chi connectivity index (χ0) is 13.4. The molecule has 18 heavy (non-hydrogen) atoms. The minimum absolute atomic E-state index is 0.0495. The molecule has 0 heterocycles. The molecule has 0 bridgehead atoms. The molecule has 0 aliphatic heterocycles. The van der Waals surface area contributed by atoms with Crippen molar-refractivity contribution < 1.29 is 14.3 Å². The van der Waals surface area contributed by atoms with Gasteiger partial charge in [0, 0.05) is 13.0 Å². The summed E-state index contributed by atoms with van der Waals surface area (Å²) >= 11 is 0. The monoisotopic (exact) mass is 250 g/mol. The minimum Gasteiger partial charge on any atom is -0.493 e.